The van der Waals surface area contributed by atoms with E-state index in [1.165, 1.54) is 11.3 Å². The van der Waals surface area contributed by atoms with Crippen molar-refractivity contribution >= 4 is 72.3 Å². The van der Waals surface area contributed by atoms with E-state index >= 15 is 0 Å². The number of benzene rings is 1. The van der Waals surface area contributed by atoms with Crippen LogP contribution in [0.25, 0.3) is 0 Å². The molecule has 7 heteroatoms. The third kappa shape index (κ3) is 4.21. The molecule has 2 aromatic rings. The minimum Gasteiger partial charge on any atom is -0.352 e. The first-order chi connectivity index (χ1) is 9.47. The number of hydrogen-bond acceptors (Lipinski definition) is 2. The Bertz CT molecular complexity index is 645. The molecule has 0 bridgehead atoms. The smallest absolute Gasteiger partial charge is 0.253 e. The molecule has 2 nitrogen and oxygen atoms in total. The molecule has 0 saturated heterocycles. The summed E-state index contributed by atoms with van der Waals surface area (Å²) in [5.41, 5.74) is 1.59. The van der Waals surface area contributed by atoms with Crippen LogP contribution in [-0.2, 0) is 6.42 Å². The molecule has 1 N–H and O–H groups in total. The summed E-state index contributed by atoms with van der Waals surface area (Å²) in [6, 6.07) is 7.15. The Morgan fingerprint density at radius 3 is 2.60 bits per heavy atom. The van der Waals surface area contributed by atoms with Gasteiger partial charge in [-0.25, -0.2) is 0 Å². The van der Waals surface area contributed by atoms with Crippen molar-refractivity contribution in [2.24, 2.45) is 0 Å². The Balaban J connectivity index is 1.93. The maximum atomic E-state index is 12.0. The van der Waals surface area contributed by atoms with Crippen molar-refractivity contribution in [1.82, 2.24) is 5.32 Å². The normalized spacial score (nSPS) is 10.6. The van der Waals surface area contributed by atoms with E-state index in [0.29, 0.717) is 28.6 Å². The van der Waals surface area contributed by atoms with E-state index in [-0.39, 0.29) is 5.91 Å². The van der Waals surface area contributed by atoms with Gasteiger partial charge in [0.05, 0.1) is 13.1 Å². The maximum Gasteiger partial charge on any atom is 0.253 e. The molecule has 2 rings (SSSR count). The van der Waals surface area contributed by atoms with E-state index in [0.717, 1.165) is 13.1 Å². The Hall–Kier alpha value is -0.0700. The summed E-state index contributed by atoms with van der Waals surface area (Å²) in [7, 11) is 0. The fraction of sp³-hybridized carbons (Fsp3) is 0.154. The molecule has 0 spiro atoms. The second kappa shape index (κ2) is 7.27. The second-order valence-electron chi connectivity index (χ2n) is 3.98. The van der Waals surface area contributed by atoms with E-state index in [1.54, 1.807) is 18.2 Å². The number of rotatable bonds is 4. The number of amides is 1. The summed E-state index contributed by atoms with van der Waals surface area (Å²) in [5, 5.41) is 4.09. The zero-order valence-electron chi connectivity index (χ0n) is 10.1. The van der Waals surface area contributed by atoms with Crippen LogP contribution in [0.1, 0.15) is 15.9 Å². The first kappa shape index (κ1) is 16.3. The molecule has 0 saturated carbocycles. The van der Waals surface area contributed by atoms with Crippen LogP contribution in [0.4, 0.5) is 0 Å². The predicted molar refractivity (Wildman–Crippen MR) is 92.2 cm³/mol. The fourth-order valence-electron chi connectivity index (χ4n) is 1.63. The standard InChI is InChI=1S/C13H9Br2Cl2NOS/c14-11-6-9(12(15)20-11)13(19)18-4-3-7-1-2-8(16)5-10(7)17/h1-2,5-6H,3-4H2,(H,18,19). The van der Waals surface area contributed by atoms with Gasteiger partial charge in [0, 0.05) is 16.6 Å². The van der Waals surface area contributed by atoms with Crippen LogP contribution < -0.4 is 5.32 Å². The molecule has 0 aliphatic rings. The summed E-state index contributed by atoms with van der Waals surface area (Å²) in [4.78, 5) is 12.0. The Labute approximate surface area is 147 Å². The third-order valence-corrected chi connectivity index (χ3v) is 5.52. The van der Waals surface area contributed by atoms with E-state index in [4.69, 9.17) is 23.2 Å². The maximum absolute atomic E-state index is 12.0. The number of hydrogen-bond donors (Lipinski definition) is 1. The summed E-state index contributed by atoms with van der Waals surface area (Å²) in [6.07, 6.45) is 0.657. The van der Waals surface area contributed by atoms with Gasteiger partial charge in [0.2, 0.25) is 0 Å². The molecular formula is C13H9Br2Cl2NOS. The van der Waals surface area contributed by atoms with Crippen LogP contribution in [0.2, 0.25) is 10.0 Å². The van der Waals surface area contributed by atoms with Gasteiger partial charge in [0.25, 0.3) is 5.91 Å². The molecule has 1 heterocycles. The molecule has 0 radical (unpaired) electrons. The number of thiophene rings is 1. The summed E-state index contributed by atoms with van der Waals surface area (Å²) in [5.74, 6) is -0.107. The minimum atomic E-state index is -0.107. The average molecular weight is 458 g/mol. The van der Waals surface area contributed by atoms with Crippen molar-refractivity contribution in [3.8, 4) is 0 Å². The Kier molecular flexibility index (Phi) is 5.93. The van der Waals surface area contributed by atoms with Gasteiger partial charge in [-0.15, -0.1) is 11.3 Å². The molecule has 0 aliphatic carbocycles. The largest absolute Gasteiger partial charge is 0.352 e. The number of halogens is 4. The van der Waals surface area contributed by atoms with Crippen LogP contribution in [0.15, 0.2) is 31.8 Å². The van der Waals surface area contributed by atoms with Crippen molar-refractivity contribution in [2.45, 2.75) is 6.42 Å². The quantitative estimate of drug-likeness (QED) is 0.640. The second-order valence-corrected chi connectivity index (χ2v) is 8.57. The molecule has 20 heavy (non-hydrogen) atoms. The number of carbonyl (C=O) groups excluding carboxylic acids is 1. The molecule has 1 aromatic heterocycles. The fourth-order valence-corrected chi connectivity index (χ4v) is 4.92. The van der Waals surface area contributed by atoms with Gasteiger partial charge >= 0.3 is 0 Å². The highest BCUT2D eigenvalue weighted by Gasteiger charge is 2.13. The van der Waals surface area contributed by atoms with Gasteiger partial charge in [0.15, 0.2) is 0 Å². The SMILES string of the molecule is O=C(NCCc1ccc(Cl)cc1Cl)c1cc(Br)sc1Br. The summed E-state index contributed by atoms with van der Waals surface area (Å²) in [6.45, 7) is 0.514. The average Bonchev–Trinajstić information content (AvgIpc) is 2.71. The van der Waals surface area contributed by atoms with Crippen molar-refractivity contribution in [3.63, 3.8) is 0 Å². The number of carbonyl (C=O) groups is 1. The van der Waals surface area contributed by atoms with Gasteiger partial charge in [-0.1, -0.05) is 29.3 Å². The molecule has 0 aliphatic heterocycles. The van der Waals surface area contributed by atoms with E-state index in [1.807, 2.05) is 6.07 Å². The Morgan fingerprint density at radius 2 is 2.00 bits per heavy atom. The molecule has 0 unspecified atom stereocenters. The zero-order valence-corrected chi connectivity index (χ0v) is 15.6. The monoisotopic (exact) mass is 455 g/mol. The lowest BCUT2D eigenvalue weighted by molar-refractivity contribution is 0.0954. The minimum absolute atomic E-state index is 0.107. The van der Waals surface area contributed by atoms with Crippen molar-refractivity contribution in [3.05, 3.63) is 53.0 Å². The van der Waals surface area contributed by atoms with Crippen LogP contribution >= 0.6 is 66.4 Å². The van der Waals surface area contributed by atoms with Gasteiger partial charge in [-0.2, -0.15) is 0 Å². The van der Waals surface area contributed by atoms with E-state index < -0.39 is 0 Å². The zero-order chi connectivity index (χ0) is 14.7. The number of nitrogens with one attached hydrogen (secondary N) is 1. The van der Waals surface area contributed by atoms with Crippen molar-refractivity contribution in [1.29, 1.82) is 0 Å². The highest BCUT2D eigenvalue weighted by atomic mass is 79.9. The van der Waals surface area contributed by atoms with Crippen LogP contribution in [0.3, 0.4) is 0 Å². The van der Waals surface area contributed by atoms with E-state index in [9.17, 15) is 4.79 Å². The first-order valence-electron chi connectivity index (χ1n) is 5.64. The molecule has 106 valence electrons. The highest BCUT2D eigenvalue weighted by molar-refractivity contribution is 9.12. The molecule has 1 aromatic carbocycles. The van der Waals surface area contributed by atoms with Gasteiger partial charge < -0.3 is 5.32 Å². The predicted octanol–water partition coefficient (Wildman–Crippen LogP) is 5.55. The third-order valence-electron chi connectivity index (χ3n) is 2.60. The van der Waals surface area contributed by atoms with Crippen LogP contribution in [0.5, 0.6) is 0 Å². The lowest BCUT2D eigenvalue weighted by Gasteiger charge is -2.06. The molecule has 0 atom stereocenters. The topological polar surface area (TPSA) is 29.1 Å². The molecule has 0 fully saturated rings. The highest BCUT2D eigenvalue weighted by Crippen LogP contribution is 2.31. The van der Waals surface area contributed by atoms with Crippen molar-refractivity contribution in [2.75, 3.05) is 6.54 Å². The van der Waals surface area contributed by atoms with Gasteiger partial charge in [-0.05, 0) is 62.0 Å². The lowest BCUT2D eigenvalue weighted by Crippen LogP contribution is -2.25. The van der Waals surface area contributed by atoms with E-state index in [2.05, 4.69) is 37.2 Å². The summed E-state index contributed by atoms with van der Waals surface area (Å²) < 4.78 is 1.72. The van der Waals surface area contributed by atoms with Crippen molar-refractivity contribution < 1.29 is 4.79 Å². The van der Waals surface area contributed by atoms with Crippen LogP contribution in [0, 0.1) is 0 Å². The van der Waals surface area contributed by atoms with Crippen LogP contribution in [-0.4, -0.2) is 12.5 Å². The molecule has 1 amide bonds. The lowest BCUT2D eigenvalue weighted by atomic mass is 10.1. The first-order valence-corrected chi connectivity index (χ1v) is 8.80. The van der Waals surface area contributed by atoms with Gasteiger partial charge in [-0.3, -0.25) is 4.79 Å². The Morgan fingerprint density at radius 1 is 1.25 bits per heavy atom. The molecular weight excluding hydrogens is 449 g/mol. The van der Waals surface area contributed by atoms with Gasteiger partial charge in [0.1, 0.15) is 0 Å². The summed E-state index contributed by atoms with van der Waals surface area (Å²) >= 11 is 20.1.